The van der Waals surface area contributed by atoms with Crippen molar-refractivity contribution in [2.24, 2.45) is 0 Å². The molecule has 1 heterocycles. The van der Waals surface area contributed by atoms with E-state index in [4.69, 9.17) is 5.11 Å². The third kappa shape index (κ3) is 5.85. The normalized spacial score (nSPS) is 10.0. The number of amides is 2. The lowest BCUT2D eigenvalue weighted by Crippen LogP contribution is -2.37. The van der Waals surface area contributed by atoms with Gasteiger partial charge in [0.1, 0.15) is 0 Å². The van der Waals surface area contributed by atoms with Gasteiger partial charge in [0, 0.05) is 25.7 Å². The van der Waals surface area contributed by atoms with Crippen molar-refractivity contribution in [1.29, 1.82) is 0 Å². The Hall–Kier alpha value is -2.11. The maximum absolute atomic E-state index is 11.7. The molecule has 0 fully saturated rings. The lowest BCUT2D eigenvalue weighted by Gasteiger charge is -2.17. The lowest BCUT2D eigenvalue weighted by molar-refractivity contribution is -0.137. The van der Waals surface area contributed by atoms with Crippen LogP contribution in [0, 0.1) is 6.92 Å². The number of urea groups is 1. The summed E-state index contributed by atoms with van der Waals surface area (Å²) in [5.41, 5.74) is 1.70. The number of nitrogens with zero attached hydrogens (tertiary/aromatic N) is 2. The SMILES string of the molecule is Cc1cccc(CNC(=O)N(C)CCCC(=O)O)n1. The van der Waals surface area contributed by atoms with Crippen LogP contribution >= 0.6 is 0 Å². The standard InChI is InChI=1S/C13H19N3O3/c1-10-5-3-6-11(15-10)9-14-13(19)16(2)8-4-7-12(17)18/h3,5-6H,4,7-9H2,1-2H3,(H,14,19)(H,17,18). The molecule has 2 N–H and O–H groups in total. The maximum atomic E-state index is 11.7. The Balaban J connectivity index is 2.32. The van der Waals surface area contributed by atoms with Gasteiger partial charge < -0.3 is 15.3 Å². The summed E-state index contributed by atoms with van der Waals surface area (Å²) in [4.78, 5) is 27.8. The molecule has 1 aromatic heterocycles. The van der Waals surface area contributed by atoms with Gasteiger partial charge in [0.25, 0.3) is 0 Å². The predicted molar refractivity (Wildman–Crippen MR) is 70.7 cm³/mol. The van der Waals surface area contributed by atoms with Crippen LogP contribution < -0.4 is 5.32 Å². The van der Waals surface area contributed by atoms with E-state index >= 15 is 0 Å². The van der Waals surface area contributed by atoms with E-state index in [2.05, 4.69) is 10.3 Å². The van der Waals surface area contributed by atoms with Gasteiger partial charge >= 0.3 is 12.0 Å². The van der Waals surface area contributed by atoms with Gasteiger partial charge in [-0.05, 0) is 25.5 Å². The Kier molecular flexibility index (Phi) is 5.78. The first kappa shape index (κ1) is 14.9. The zero-order chi connectivity index (χ0) is 14.3. The first-order valence-corrected chi connectivity index (χ1v) is 6.12. The first-order valence-electron chi connectivity index (χ1n) is 6.12. The smallest absolute Gasteiger partial charge is 0.317 e. The van der Waals surface area contributed by atoms with Crippen molar-refractivity contribution in [2.45, 2.75) is 26.3 Å². The van der Waals surface area contributed by atoms with Crippen molar-refractivity contribution < 1.29 is 14.7 Å². The van der Waals surface area contributed by atoms with Crippen LogP contribution in [0.2, 0.25) is 0 Å². The molecular weight excluding hydrogens is 246 g/mol. The summed E-state index contributed by atoms with van der Waals surface area (Å²) < 4.78 is 0. The highest BCUT2D eigenvalue weighted by Gasteiger charge is 2.08. The number of pyridine rings is 1. The Labute approximate surface area is 112 Å². The van der Waals surface area contributed by atoms with Crippen molar-refractivity contribution in [3.63, 3.8) is 0 Å². The van der Waals surface area contributed by atoms with Gasteiger partial charge in [-0.25, -0.2) is 4.79 Å². The quantitative estimate of drug-likeness (QED) is 0.814. The number of hydrogen-bond donors (Lipinski definition) is 2. The molecule has 0 saturated heterocycles. The van der Waals surface area contributed by atoms with E-state index in [0.717, 1.165) is 11.4 Å². The van der Waals surface area contributed by atoms with E-state index in [1.165, 1.54) is 4.90 Å². The molecule has 0 atom stereocenters. The third-order valence-corrected chi connectivity index (χ3v) is 2.60. The van der Waals surface area contributed by atoms with Crippen LogP contribution in [0.15, 0.2) is 18.2 Å². The van der Waals surface area contributed by atoms with Crippen molar-refractivity contribution in [2.75, 3.05) is 13.6 Å². The van der Waals surface area contributed by atoms with Crippen LogP contribution in [0.4, 0.5) is 4.79 Å². The summed E-state index contributed by atoms with van der Waals surface area (Å²) >= 11 is 0. The van der Waals surface area contributed by atoms with Crippen molar-refractivity contribution in [1.82, 2.24) is 15.2 Å². The minimum absolute atomic E-state index is 0.0665. The fraction of sp³-hybridized carbons (Fsp3) is 0.462. The first-order chi connectivity index (χ1) is 8.99. The van der Waals surface area contributed by atoms with Crippen LogP contribution in [0.25, 0.3) is 0 Å². The molecule has 0 saturated carbocycles. The van der Waals surface area contributed by atoms with Crippen LogP contribution in [0.5, 0.6) is 0 Å². The minimum atomic E-state index is -0.849. The van der Waals surface area contributed by atoms with E-state index in [0.29, 0.717) is 19.5 Å². The number of aliphatic carboxylic acids is 1. The number of carboxylic acid groups (broad SMARTS) is 1. The second kappa shape index (κ2) is 7.35. The molecule has 19 heavy (non-hydrogen) atoms. The monoisotopic (exact) mass is 265 g/mol. The highest BCUT2D eigenvalue weighted by Crippen LogP contribution is 1.98. The number of hydrogen-bond acceptors (Lipinski definition) is 3. The molecule has 6 heteroatoms. The third-order valence-electron chi connectivity index (χ3n) is 2.60. The second-order valence-electron chi connectivity index (χ2n) is 4.35. The number of carbonyl (C=O) groups excluding carboxylic acids is 1. The van der Waals surface area contributed by atoms with Gasteiger partial charge in [-0.2, -0.15) is 0 Å². The molecule has 1 aromatic rings. The summed E-state index contributed by atoms with van der Waals surface area (Å²) in [6.45, 7) is 2.67. The molecule has 0 aliphatic rings. The molecule has 0 aliphatic carbocycles. The van der Waals surface area contributed by atoms with Crippen LogP contribution in [-0.4, -0.2) is 40.6 Å². The number of carboxylic acids is 1. The minimum Gasteiger partial charge on any atom is -0.481 e. The zero-order valence-corrected chi connectivity index (χ0v) is 11.2. The Morgan fingerprint density at radius 2 is 2.16 bits per heavy atom. The van der Waals surface area contributed by atoms with Crippen molar-refractivity contribution in [3.05, 3.63) is 29.6 Å². The Morgan fingerprint density at radius 3 is 2.79 bits per heavy atom. The number of aryl methyl sites for hydroxylation is 1. The molecule has 1 rings (SSSR count). The lowest BCUT2D eigenvalue weighted by atomic mass is 10.3. The van der Waals surface area contributed by atoms with Gasteiger partial charge in [0.05, 0.1) is 12.2 Å². The van der Waals surface area contributed by atoms with Gasteiger partial charge in [-0.1, -0.05) is 6.07 Å². The topological polar surface area (TPSA) is 82.5 Å². The highest BCUT2D eigenvalue weighted by molar-refractivity contribution is 5.73. The molecule has 0 aromatic carbocycles. The van der Waals surface area contributed by atoms with Crippen LogP contribution in [-0.2, 0) is 11.3 Å². The summed E-state index contributed by atoms with van der Waals surface area (Å²) in [7, 11) is 1.64. The number of aromatic nitrogens is 1. The van der Waals surface area contributed by atoms with Crippen molar-refractivity contribution in [3.8, 4) is 0 Å². The fourth-order valence-corrected chi connectivity index (χ4v) is 1.57. The van der Waals surface area contributed by atoms with Gasteiger partial charge in [-0.3, -0.25) is 9.78 Å². The molecule has 104 valence electrons. The molecule has 0 unspecified atom stereocenters. The summed E-state index contributed by atoms with van der Waals surface area (Å²) in [5, 5.41) is 11.3. The molecule has 6 nitrogen and oxygen atoms in total. The molecule has 0 bridgehead atoms. The highest BCUT2D eigenvalue weighted by atomic mass is 16.4. The molecule has 0 radical (unpaired) electrons. The van der Waals surface area contributed by atoms with Gasteiger partial charge in [0.15, 0.2) is 0 Å². The van der Waals surface area contributed by atoms with Crippen LogP contribution in [0.3, 0.4) is 0 Å². The van der Waals surface area contributed by atoms with Crippen molar-refractivity contribution >= 4 is 12.0 Å². The Bertz CT molecular complexity index is 449. The Morgan fingerprint density at radius 1 is 1.42 bits per heavy atom. The van der Waals surface area contributed by atoms with E-state index in [1.807, 2.05) is 25.1 Å². The average molecular weight is 265 g/mol. The summed E-state index contributed by atoms with van der Waals surface area (Å²) in [6, 6.07) is 5.40. The zero-order valence-electron chi connectivity index (χ0n) is 11.2. The number of carbonyl (C=O) groups is 2. The maximum Gasteiger partial charge on any atom is 0.317 e. The fourth-order valence-electron chi connectivity index (χ4n) is 1.57. The van der Waals surface area contributed by atoms with E-state index in [9.17, 15) is 9.59 Å². The molecule has 0 spiro atoms. The van der Waals surface area contributed by atoms with Crippen LogP contribution in [0.1, 0.15) is 24.2 Å². The van der Waals surface area contributed by atoms with E-state index in [-0.39, 0.29) is 12.5 Å². The molecule has 0 aliphatic heterocycles. The average Bonchev–Trinajstić information content (AvgIpc) is 2.35. The van der Waals surface area contributed by atoms with E-state index in [1.54, 1.807) is 7.05 Å². The molecular formula is C13H19N3O3. The molecule has 2 amide bonds. The van der Waals surface area contributed by atoms with E-state index < -0.39 is 5.97 Å². The van der Waals surface area contributed by atoms with Gasteiger partial charge in [0.2, 0.25) is 0 Å². The largest absolute Gasteiger partial charge is 0.481 e. The predicted octanol–water partition coefficient (Wildman–Crippen LogP) is 1.40. The number of nitrogens with one attached hydrogen (secondary N) is 1. The summed E-state index contributed by atoms with van der Waals surface area (Å²) in [6.07, 6.45) is 0.513. The second-order valence-corrected chi connectivity index (χ2v) is 4.35. The van der Waals surface area contributed by atoms with Gasteiger partial charge in [-0.15, -0.1) is 0 Å². The summed E-state index contributed by atoms with van der Waals surface area (Å²) in [5.74, 6) is -0.849. The number of rotatable bonds is 6.